The summed E-state index contributed by atoms with van der Waals surface area (Å²) >= 11 is 0. The second-order valence-electron chi connectivity index (χ2n) is 7.66. The molecule has 5 rings (SSSR count). The molecule has 1 aliphatic heterocycles. The highest BCUT2D eigenvalue weighted by Gasteiger charge is 2.42. The Balaban J connectivity index is 1.64. The van der Waals surface area contributed by atoms with E-state index in [9.17, 15) is 9.90 Å². The number of fused-ring (bicyclic) bond motifs is 1. The van der Waals surface area contributed by atoms with Crippen molar-refractivity contribution in [3.8, 4) is 28.5 Å². The van der Waals surface area contributed by atoms with Gasteiger partial charge in [-0.05, 0) is 61.0 Å². The molecule has 4 aromatic rings. The lowest BCUT2D eigenvalue weighted by Gasteiger charge is -2.26. The first-order valence-electron chi connectivity index (χ1n) is 10.6. The summed E-state index contributed by atoms with van der Waals surface area (Å²) in [7, 11) is 1.61. The summed E-state index contributed by atoms with van der Waals surface area (Å²) in [5, 5.41) is 17.6. The van der Waals surface area contributed by atoms with Crippen molar-refractivity contribution in [1.29, 1.82) is 0 Å². The summed E-state index contributed by atoms with van der Waals surface area (Å²) < 4.78 is 16.4. The Labute approximate surface area is 190 Å². The van der Waals surface area contributed by atoms with Gasteiger partial charge in [-0.3, -0.25) is 9.89 Å². The number of phenols is 1. The van der Waals surface area contributed by atoms with E-state index < -0.39 is 6.04 Å². The predicted octanol–water partition coefficient (Wildman–Crippen LogP) is 4.53. The number of aromatic hydroxyl groups is 1. The summed E-state index contributed by atoms with van der Waals surface area (Å²) in [6, 6.07) is 15.9. The third kappa shape index (κ3) is 3.59. The van der Waals surface area contributed by atoms with Crippen LogP contribution in [0, 0.1) is 0 Å². The number of benzene rings is 2. The minimum atomic E-state index is -0.451. The molecular weight excluding hydrogens is 422 g/mol. The van der Waals surface area contributed by atoms with Gasteiger partial charge in [-0.25, -0.2) is 0 Å². The van der Waals surface area contributed by atoms with E-state index in [1.807, 2.05) is 37.3 Å². The highest BCUT2D eigenvalue weighted by atomic mass is 16.5. The molecule has 0 aliphatic carbocycles. The minimum Gasteiger partial charge on any atom is -0.504 e. The Morgan fingerprint density at radius 1 is 1.18 bits per heavy atom. The van der Waals surface area contributed by atoms with Crippen molar-refractivity contribution in [2.75, 3.05) is 13.7 Å². The van der Waals surface area contributed by atoms with Gasteiger partial charge in [-0.15, -0.1) is 0 Å². The zero-order chi connectivity index (χ0) is 22.9. The van der Waals surface area contributed by atoms with Gasteiger partial charge in [0.25, 0.3) is 5.91 Å². The number of aromatic amines is 1. The lowest BCUT2D eigenvalue weighted by Crippen LogP contribution is -2.29. The molecular formula is C25H23N3O5. The van der Waals surface area contributed by atoms with E-state index in [2.05, 4.69) is 10.2 Å². The van der Waals surface area contributed by atoms with Crippen molar-refractivity contribution < 1.29 is 23.8 Å². The number of carbonyl (C=O) groups excluding carboxylic acids is 1. The molecule has 1 atom stereocenters. The molecule has 2 aromatic carbocycles. The SMILES string of the molecule is CCOc1cc(C2c3c(-c4ccc(OC)cc4)n[nH]c3C(=O)N2Cc2ccco2)ccc1O. The van der Waals surface area contributed by atoms with Crippen molar-refractivity contribution in [1.82, 2.24) is 15.1 Å². The number of amides is 1. The first-order chi connectivity index (χ1) is 16.1. The third-order valence-corrected chi connectivity index (χ3v) is 5.73. The van der Waals surface area contributed by atoms with Crippen LogP contribution < -0.4 is 9.47 Å². The first-order valence-corrected chi connectivity index (χ1v) is 10.6. The van der Waals surface area contributed by atoms with Gasteiger partial charge in [0.05, 0.1) is 38.3 Å². The highest BCUT2D eigenvalue weighted by Crippen LogP contribution is 2.45. The van der Waals surface area contributed by atoms with Crippen molar-refractivity contribution in [2.45, 2.75) is 19.5 Å². The summed E-state index contributed by atoms with van der Waals surface area (Å²) in [6.07, 6.45) is 1.59. The second kappa shape index (κ2) is 8.38. The van der Waals surface area contributed by atoms with Gasteiger partial charge in [0.2, 0.25) is 0 Å². The van der Waals surface area contributed by atoms with Crippen LogP contribution >= 0.6 is 0 Å². The molecule has 0 bridgehead atoms. The molecule has 1 aliphatic rings. The lowest BCUT2D eigenvalue weighted by molar-refractivity contribution is 0.0716. The minimum absolute atomic E-state index is 0.0466. The van der Waals surface area contributed by atoms with E-state index in [1.165, 1.54) is 0 Å². The fourth-order valence-corrected chi connectivity index (χ4v) is 4.22. The number of methoxy groups -OCH3 is 1. The Hall–Kier alpha value is -4.20. The molecule has 0 saturated carbocycles. The van der Waals surface area contributed by atoms with Gasteiger partial charge in [-0.2, -0.15) is 5.10 Å². The Morgan fingerprint density at radius 3 is 2.70 bits per heavy atom. The summed E-state index contributed by atoms with van der Waals surface area (Å²) in [4.78, 5) is 15.2. The van der Waals surface area contributed by atoms with E-state index in [-0.39, 0.29) is 18.2 Å². The maximum Gasteiger partial charge on any atom is 0.273 e. The maximum atomic E-state index is 13.4. The van der Waals surface area contributed by atoms with Crippen LogP contribution in [0.1, 0.15) is 40.3 Å². The van der Waals surface area contributed by atoms with Crippen LogP contribution in [0.5, 0.6) is 17.2 Å². The Kier molecular flexibility index (Phi) is 5.26. The fourth-order valence-electron chi connectivity index (χ4n) is 4.22. The van der Waals surface area contributed by atoms with Crippen molar-refractivity contribution in [3.63, 3.8) is 0 Å². The molecule has 0 saturated heterocycles. The van der Waals surface area contributed by atoms with E-state index in [4.69, 9.17) is 13.9 Å². The van der Waals surface area contributed by atoms with Crippen molar-refractivity contribution in [2.24, 2.45) is 0 Å². The number of nitrogens with zero attached hydrogens (tertiary/aromatic N) is 2. The number of ether oxygens (including phenoxy) is 2. The average molecular weight is 445 g/mol. The van der Waals surface area contributed by atoms with Crippen molar-refractivity contribution in [3.05, 3.63) is 83.4 Å². The topological polar surface area (TPSA) is 101 Å². The number of hydrogen-bond donors (Lipinski definition) is 2. The van der Waals surface area contributed by atoms with E-state index >= 15 is 0 Å². The van der Waals surface area contributed by atoms with E-state index in [0.29, 0.717) is 29.5 Å². The van der Waals surface area contributed by atoms with Gasteiger partial charge in [0, 0.05) is 11.1 Å². The predicted molar refractivity (Wildman–Crippen MR) is 120 cm³/mol. The van der Waals surface area contributed by atoms with Gasteiger partial charge in [0.1, 0.15) is 17.2 Å². The molecule has 1 amide bonds. The van der Waals surface area contributed by atoms with Crippen LogP contribution in [-0.2, 0) is 6.54 Å². The van der Waals surface area contributed by atoms with E-state index in [1.54, 1.807) is 42.5 Å². The molecule has 1 unspecified atom stereocenters. The standard InChI is InChI=1S/C25H23N3O5/c1-3-32-20-13-16(8-11-19(20)29)24-21-22(15-6-9-17(31-2)10-7-15)26-27-23(21)25(30)28(24)14-18-5-4-12-33-18/h4-13,24,29H,3,14H2,1-2H3,(H,26,27). The van der Waals surface area contributed by atoms with Gasteiger partial charge in [-0.1, -0.05) is 6.07 Å². The monoisotopic (exact) mass is 445 g/mol. The first kappa shape index (κ1) is 20.7. The zero-order valence-corrected chi connectivity index (χ0v) is 18.2. The van der Waals surface area contributed by atoms with Crippen LogP contribution in [0.15, 0.2) is 65.3 Å². The number of nitrogens with one attached hydrogen (secondary N) is 1. The molecule has 8 heteroatoms. The number of furan rings is 1. The maximum absolute atomic E-state index is 13.4. The number of phenolic OH excluding ortho intramolecular Hbond substituents is 1. The van der Waals surface area contributed by atoms with Gasteiger partial charge >= 0.3 is 0 Å². The molecule has 0 spiro atoms. The van der Waals surface area contributed by atoms with Crippen LogP contribution in [0.2, 0.25) is 0 Å². The molecule has 0 fully saturated rings. The second-order valence-corrected chi connectivity index (χ2v) is 7.66. The largest absolute Gasteiger partial charge is 0.504 e. The number of carbonyl (C=O) groups is 1. The number of hydrogen-bond acceptors (Lipinski definition) is 6. The average Bonchev–Trinajstić information content (AvgIpc) is 3.55. The normalized spacial score (nSPS) is 15.0. The molecule has 33 heavy (non-hydrogen) atoms. The van der Waals surface area contributed by atoms with Crippen LogP contribution in [0.4, 0.5) is 0 Å². The number of H-pyrrole nitrogens is 1. The van der Waals surface area contributed by atoms with Crippen LogP contribution in [-0.4, -0.2) is 39.8 Å². The molecule has 3 heterocycles. The molecule has 2 aromatic heterocycles. The number of rotatable bonds is 7. The van der Waals surface area contributed by atoms with Crippen molar-refractivity contribution >= 4 is 5.91 Å². The zero-order valence-electron chi connectivity index (χ0n) is 18.2. The van der Waals surface area contributed by atoms with Gasteiger partial charge in [0.15, 0.2) is 11.5 Å². The number of aromatic nitrogens is 2. The smallest absolute Gasteiger partial charge is 0.273 e. The van der Waals surface area contributed by atoms with Gasteiger partial charge < -0.3 is 23.9 Å². The Morgan fingerprint density at radius 2 is 2.00 bits per heavy atom. The fraction of sp³-hybridized carbons (Fsp3) is 0.200. The molecule has 168 valence electrons. The van der Waals surface area contributed by atoms with Crippen LogP contribution in [0.3, 0.4) is 0 Å². The lowest BCUT2D eigenvalue weighted by atomic mass is 9.95. The Bertz CT molecular complexity index is 1280. The molecule has 8 nitrogen and oxygen atoms in total. The van der Waals surface area contributed by atoms with E-state index in [0.717, 1.165) is 22.4 Å². The van der Waals surface area contributed by atoms with Crippen LogP contribution in [0.25, 0.3) is 11.3 Å². The summed E-state index contributed by atoms with van der Waals surface area (Å²) in [5.41, 5.74) is 3.54. The third-order valence-electron chi connectivity index (χ3n) is 5.73. The molecule has 0 radical (unpaired) electrons. The molecule has 2 N–H and O–H groups in total. The quantitative estimate of drug-likeness (QED) is 0.434. The summed E-state index contributed by atoms with van der Waals surface area (Å²) in [6.45, 7) is 2.54. The highest BCUT2D eigenvalue weighted by molar-refractivity contribution is 6.00. The summed E-state index contributed by atoms with van der Waals surface area (Å²) in [5.74, 6) is 1.64.